The Bertz CT molecular complexity index is 1330. The Kier molecular flexibility index (Phi) is 7.16. The number of phenols is 1. The number of nitrogen functional groups attached to an aromatic ring is 1. The van der Waals surface area contributed by atoms with Gasteiger partial charge in [0, 0.05) is 44.0 Å². The van der Waals surface area contributed by atoms with Gasteiger partial charge in [0.2, 0.25) is 5.82 Å². The van der Waals surface area contributed by atoms with Crippen molar-refractivity contribution in [3.8, 4) is 28.8 Å². The summed E-state index contributed by atoms with van der Waals surface area (Å²) in [6.07, 6.45) is 4.67. The summed E-state index contributed by atoms with van der Waals surface area (Å²) in [6, 6.07) is 10.9. The van der Waals surface area contributed by atoms with Crippen LogP contribution in [0.1, 0.15) is 25.1 Å². The molecular weight excluding hydrogens is 470 g/mol. The number of phenolic OH excluding ortho intramolecular Hbond substituents is 1. The number of hydrogen-bond acceptors (Lipinski definition) is 9. The maximum absolute atomic E-state index is 11.7. The van der Waals surface area contributed by atoms with E-state index in [1.807, 2.05) is 18.2 Å². The second-order valence-electron chi connectivity index (χ2n) is 8.99. The molecule has 2 aliphatic rings. The largest absolute Gasteiger partial charge is 0.507 e. The maximum Gasteiger partial charge on any atom is 0.315 e. The van der Waals surface area contributed by atoms with Gasteiger partial charge in [-0.1, -0.05) is 18.1 Å². The van der Waals surface area contributed by atoms with Gasteiger partial charge in [-0.15, -0.1) is 10.2 Å². The van der Waals surface area contributed by atoms with Crippen LogP contribution in [-0.4, -0.2) is 70.1 Å². The molecule has 0 radical (unpaired) electrons. The summed E-state index contributed by atoms with van der Waals surface area (Å²) in [6.45, 7) is 3.27. The molecule has 1 saturated carbocycles. The number of hydrogen-bond donors (Lipinski definition) is 4. The monoisotopic (exact) mass is 499 g/mol. The van der Waals surface area contributed by atoms with Gasteiger partial charge in [-0.05, 0) is 49.4 Å². The molecule has 0 spiro atoms. The number of nitrogens with two attached hydrogens (primary N) is 1. The van der Waals surface area contributed by atoms with Crippen LogP contribution in [0, 0.1) is 11.8 Å². The van der Waals surface area contributed by atoms with E-state index in [0.717, 1.165) is 50.4 Å². The summed E-state index contributed by atoms with van der Waals surface area (Å²) < 4.78 is 0. The molecule has 3 aromatic rings. The molecule has 37 heavy (non-hydrogen) atoms. The first kappa shape index (κ1) is 24.1. The summed E-state index contributed by atoms with van der Waals surface area (Å²) in [5.74, 6) is 7.55. The molecular formula is C26H29N9O2. The number of aromatic hydroxyl groups is 1. The van der Waals surface area contributed by atoms with Crippen molar-refractivity contribution in [1.29, 1.82) is 0 Å². The number of nitrogens with one attached hydrogen (secondary N) is 2. The lowest BCUT2D eigenvalue weighted by Gasteiger charge is -2.25. The Morgan fingerprint density at radius 2 is 1.92 bits per heavy atom. The Morgan fingerprint density at radius 3 is 2.76 bits per heavy atom. The average Bonchev–Trinajstić information content (AvgIpc) is 3.74. The lowest BCUT2D eigenvalue weighted by molar-refractivity contribution is 0.241. The van der Waals surface area contributed by atoms with Gasteiger partial charge in [0.1, 0.15) is 11.6 Å². The molecule has 0 bridgehead atoms. The molecule has 2 aromatic heterocycles. The van der Waals surface area contributed by atoms with Gasteiger partial charge in [0.15, 0.2) is 5.82 Å². The van der Waals surface area contributed by atoms with E-state index in [2.05, 4.69) is 52.4 Å². The Labute approximate surface area is 215 Å². The molecule has 190 valence electrons. The average molecular weight is 500 g/mol. The van der Waals surface area contributed by atoms with Crippen LogP contribution in [0.5, 0.6) is 5.75 Å². The molecule has 2 amide bonds. The van der Waals surface area contributed by atoms with E-state index < -0.39 is 0 Å². The van der Waals surface area contributed by atoms with Crippen molar-refractivity contribution in [1.82, 2.24) is 30.8 Å². The van der Waals surface area contributed by atoms with Crippen LogP contribution in [0.2, 0.25) is 0 Å². The number of rotatable bonds is 5. The van der Waals surface area contributed by atoms with Crippen molar-refractivity contribution in [2.75, 3.05) is 48.3 Å². The summed E-state index contributed by atoms with van der Waals surface area (Å²) in [5.41, 5.74) is 8.18. The number of amides is 2. The van der Waals surface area contributed by atoms with Gasteiger partial charge in [0.25, 0.3) is 0 Å². The highest BCUT2D eigenvalue weighted by Crippen LogP contribution is 2.31. The third-order valence-corrected chi connectivity index (χ3v) is 6.23. The van der Waals surface area contributed by atoms with E-state index in [-0.39, 0.29) is 18.3 Å². The number of nitrogens with zero attached hydrogens (tertiary/aromatic N) is 6. The highest BCUT2D eigenvalue weighted by atomic mass is 16.3. The fourth-order valence-corrected chi connectivity index (χ4v) is 4.15. The van der Waals surface area contributed by atoms with E-state index in [1.165, 1.54) is 0 Å². The molecule has 5 N–H and O–H groups in total. The zero-order chi connectivity index (χ0) is 25.6. The zero-order valence-electron chi connectivity index (χ0n) is 20.4. The maximum atomic E-state index is 11.7. The normalized spacial score (nSPS) is 15.4. The van der Waals surface area contributed by atoms with Crippen molar-refractivity contribution in [3.05, 3.63) is 48.4 Å². The first-order valence-electron chi connectivity index (χ1n) is 12.3. The van der Waals surface area contributed by atoms with E-state index >= 15 is 0 Å². The predicted octanol–water partition coefficient (Wildman–Crippen LogP) is 1.75. The quantitative estimate of drug-likeness (QED) is 0.386. The van der Waals surface area contributed by atoms with E-state index in [0.29, 0.717) is 35.5 Å². The van der Waals surface area contributed by atoms with Gasteiger partial charge in [-0.25, -0.2) is 14.8 Å². The van der Waals surface area contributed by atoms with Crippen LogP contribution in [-0.2, 0) is 0 Å². The molecule has 0 unspecified atom stereocenters. The molecule has 11 heteroatoms. The van der Waals surface area contributed by atoms with E-state index in [4.69, 9.17) is 5.73 Å². The third kappa shape index (κ3) is 6.16. The number of urea groups is 1. The van der Waals surface area contributed by atoms with Gasteiger partial charge >= 0.3 is 6.03 Å². The molecule has 1 aromatic carbocycles. The van der Waals surface area contributed by atoms with Crippen molar-refractivity contribution < 1.29 is 9.90 Å². The fraction of sp³-hybridized carbons (Fsp3) is 0.346. The number of benzene rings is 1. The number of anilines is 3. The number of carbonyl (C=O) groups excluding carboxylic acids is 1. The topological polar surface area (TPSA) is 145 Å². The lowest BCUT2D eigenvalue weighted by Crippen LogP contribution is -2.36. The molecule has 1 saturated heterocycles. The van der Waals surface area contributed by atoms with Crippen LogP contribution < -0.4 is 26.2 Å². The van der Waals surface area contributed by atoms with Crippen molar-refractivity contribution >= 4 is 23.4 Å². The lowest BCUT2D eigenvalue weighted by atomic mass is 10.1. The Hall–Kier alpha value is -4.59. The molecule has 3 heterocycles. The molecule has 2 fully saturated rings. The Morgan fingerprint density at radius 1 is 1.11 bits per heavy atom. The minimum absolute atomic E-state index is 0.148. The summed E-state index contributed by atoms with van der Waals surface area (Å²) >= 11 is 0. The third-order valence-electron chi connectivity index (χ3n) is 6.23. The van der Waals surface area contributed by atoms with Crippen LogP contribution in [0.4, 0.5) is 22.1 Å². The number of para-hydroxylation sites is 1. The van der Waals surface area contributed by atoms with E-state index in [9.17, 15) is 9.90 Å². The number of aromatic nitrogens is 4. The molecule has 5 rings (SSSR count). The van der Waals surface area contributed by atoms with Crippen LogP contribution in [0.15, 0.2) is 42.6 Å². The van der Waals surface area contributed by atoms with Gasteiger partial charge < -0.3 is 31.3 Å². The minimum atomic E-state index is -0.196. The SMILES string of the molecule is Nc1nnc(-c2ccccc2O)cc1N1CCCN(c2ccnc(C#CCNC(=O)NC3CC3)n2)CC1. The first-order valence-corrected chi connectivity index (χ1v) is 12.3. The Balaban J connectivity index is 1.23. The molecule has 0 atom stereocenters. The molecule has 1 aliphatic carbocycles. The summed E-state index contributed by atoms with van der Waals surface area (Å²) in [5, 5.41) is 24.1. The smallest absolute Gasteiger partial charge is 0.315 e. The summed E-state index contributed by atoms with van der Waals surface area (Å²) in [4.78, 5) is 24.9. The van der Waals surface area contributed by atoms with Crippen molar-refractivity contribution in [2.24, 2.45) is 0 Å². The van der Waals surface area contributed by atoms with E-state index in [1.54, 1.807) is 24.4 Å². The molecule has 1 aliphatic heterocycles. The second-order valence-corrected chi connectivity index (χ2v) is 8.99. The minimum Gasteiger partial charge on any atom is -0.507 e. The van der Waals surface area contributed by atoms with Gasteiger partial charge in [-0.2, -0.15) is 0 Å². The highest BCUT2D eigenvalue weighted by Gasteiger charge is 2.23. The van der Waals surface area contributed by atoms with Crippen LogP contribution >= 0.6 is 0 Å². The highest BCUT2D eigenvalue weighted by molar-refractivity contribution is 5.75. The number of carbonyl (C=O) groups is 1. The second kappa shape index (κ2) is 11.0. The van der Waals surface area contributed by atoms with Gasteiger partial charge in [-0.3, -0.25) is 0 Å². The predicted molar refractivity (Wildman–Crippen MR) is 141 cm³/mol. The summed E-state index contributed by atoms with van der Waals surface area (Å²) in [7, 11) is 0. The zero-order valence-corrected chi connectivity index (χ0v) is 20.4. The standard InChI is InChI=1S/C26H29N9O2/c27-25-21(17-20(32-33-25)19-5-1-2-6-22(19)36)34-13-4-14-35(16-15-34)24-10-12-28-23(31-24)7-3-11-29-26(37)30-18-8-9-18/h1-2,5-6,10,12,17-18,36H,4,8-9,11,13-16H2,(H2,27,33)(H2,29,30,37). The fourth-order valence-electron chi connectivity index (χ4n) is 4.15. The van der Waals surface area contributed by atoms with Crippen LogP contribution in [0.3, 0.4) is 0 Å². The van der Waals surface area contributed by atoms with Crippen LogP contribution in [0.25, 0.3) is 11.3 Å². The first-order chi connectivity index (χ1) is 18.1. The van der Waals surface area contributed by atoms with Crippen molar-refractivity contribution in [2.45, 2.75) is 25.3 Å². The van der Waals surface area contributed by atoms with Crippen molar-refractivity contribution in [3.63, 3.8) is 0 Å². The van der Waals surface area contributed by atoms with Gasteiger partial charge in [0.05, 0.1) is 17.9 Å². The molecule has 11 nitrogen and oxygen atoms in total.